The van der Waals surface area contributed by atoms with E-state index in [0.29, 0.717) is 5.69 Å². The summed E-state index contributed by atoms with van der Waals surface area (Å²) >= 11 is 0. The largest absolute Gasteiger partial charge is 0.508 e. The van der Waals surface area contributed by atoms with Crippen LogP contribution < -0.4 is 5.32 Å². The SMILES string of the molecule is CNc1cc(O)ccc1[N+](=O)[O-].[Ar]. The molecule has 0 heterocycles. The van der Waals surface area contributed by atoms with Gasteiger partial charge in [-0.3, -0.25) is 10.1 Å². The Morgan fingerprint density at radius 3 is 2.62 bits per heavy atom. The maximum absolute atomic E-state index is 10.4. The van der Waals surface area contributed by atoms with Crippen molar-refractivity contribution in [3.8, 4) is 5.75 Å². The van der Waals surface area contributed by atoms with Crippen LogP contribution >= 0.6 is 0 Å². The van der Waals surface area contributed by atoms with E-state index in [9.17, 15) is 10.1 Å². The molecule has 0 radical (unpaired) electrons. The van der Waals surface area contributed by atoms with Crippen molar-refractivity contribution in [2.24, 2.45) is 0 Å². The zero-order valence-corrected chi connectivity index (χ0v) is 7.50. The number of benzene rings is 1. The van der Waals surface area contributed by atoms with E-state index in [2.05, 4.69) is 5.32 Å². The van der Waals surface area contributed by atoms with Gasteiger partial charge in [-0.25, -0.2) is 0 Å². The standard InChI is InChI=1S/C7H8N2O3.Ar/c1-8-6-4-5(10)2-3-7(6)9(11)12;/h2-4,8,10H,1H3;. The van der Waals surface area contributed by atoms with Gasteiger partial charge in [0.15, 0.2) is 0 Å². The molecule has 6 heteroatoms. The van der Waals surface area contributed by atoms with Gasteiger partial charge in [0.05, 0.1) is 4.92 Å². The molecule has 0 aliphatic carbocycles. The number of hydrogen-bond donors (Lipinski definition) is 2. The van der Waals surface area contributed by atoms with Crippen molar-refractivity contribution in [3.63, 3.8) is 0 Å². The van der Waals surface area contributed by atoms with Gasteiger partial charge in [0, 0.05) is 56.9 Å². The van der Waals surface area contributed by atoms with Crippen LogP contribution in [-0.4, -0.2) is 17.1 Å². The van der Waals surface area contributed by atoms with Crippen molar-refractivity contribution in [1.82, 2.24) is 0 Å². The van der Waals surface area contributed by atoms with E-state index < -0.39 is 4.92 Å². The van der Waals surface area contributed by atoms with Gasteiger partial charge in [-0.05, 0) is 6.07 Å². The minimum atomic E-state index is -0.509. The quantitative estimate of drug-likeness (QED) is 0.568. The number of nitro groups is 1. The summed E-state index contributed by atoms with van der Waals surface area (Å²) < 4.78 is 0. The van der Waals surface area contributed by atoms with E-state index in [1.165, 1.54) is 18.2 Å². The number of nitrogens with one attached hydrogen (secondary N) is 1. The third-order valence-electron chi connectivity index (χ3n) is 1.45. The average molecular weight is 208 g/mol. The van der Waals surface area contributed by atoms with Gasteiger partial charge in [0.1, 0.15) is 11.4 Å². The van der Waals surface area contributed by atoms with Crippen LogP contribution in [0, 0.1) is 47.9 Å². The maximum atomic E-state index is 10.4. The second-order valence-corrected chi connectivity index (χ2v) is 2.21. The molecular formula is C7H8ArN2O3. The number of nitro benzene ring substituents is 1. The molecule has 0 saturated carbocycles. The molecule has 0 aromatic heterocycles. The van der Waals surface area contributed by atoms with Crippen LogP contribution in [0.5, 0.6) is 5.75 Å². The molecule has 5 nitrogen and oxygen atoms in total. The fraction of sp³-hybridized carbons (Fsp3) is 0.143. The predicted molar refractivity (Wildman–Crippen MR) is 44.3 cm³/mol. The number of phenols is 1. The Hall–Kier alpha value is -0.520. The van der Waals surface area contributed by atoms with Gasteiger partial charge in [-0.1, -0.05) is 0 Å². The monoisotopic (exact) mass is 208 g/mol. The van der Waals surface area contributed by atoms with E-state index in [0.717, 1.165) is 0 Å². The molecule has 1 aromatic carbocycles. The van der Waals surface area contributed by atoms with Gasteiger partial charge in [0.25, 0.3) is 5.69 Å². The summed E-state index contributed by atoms with van der Waals surface area (Å²) in [5.74, 6) is 0.00458. The molecular weight excluding hydrogens is 200 g/mol. The van der Waals surface area contributed by atoms with Crippen LogP contribution in [0.15, 0.2) is 18.2 Å². The second-order valence-electron chi connectivity index (χ2n) is 2.21. The van der Waals surface area contributed by atoms with Crippen molar-refractivity contribution in [3.05, 3.63) is 28.3 Å². The van der Waals surface area contributed by atoms with Gasteiger partial charge in [-0.15, -0.1) is 0 Å². The van der Waals surface area contributed by atoms with Crippen molar-refractivity contribution >= 4 is 11.4 Å². The van der Waals surface area contributed by atoms with Crippen molar-refractivity contribution in [2.45, 2.75) is 0 Å². The fourth-order valence-electron chi connectivity index (χ4n) is 0.883. The Labute approximate surface area is 105 Å². The molecule has 0 aliphatic rings. The number of rotatable bonds is 2. The Bertz CT molecular complexity index is 317. The Morgan fingerprint density at radius 1 is 1.54 bits per heavy atom. The molecule has 1 aromatic rings. The average Bonchev–Trinajstić information content (AvgIpc) is 2.03. The molecule has 0 saturated heterocycles. The summed E-state index contributed by atoms with van der Waals surface area (Å²) in [6, 6.07) is 3.83. The molecule has 0 amide bonds. The van der Waals surface area contributed by atoms with E-state index >= 15 is 0 Å². The summed E-state index contributed by atoms with van der Waals surface area (Å²) in [6.45, 7) is 0. The first kappa shape index (κ1) is 12.5. The fourth-order valence-corrected chi connectivity index (χ4v) is 0.883. The minimum Gasteiger partial charge on any atom is -0.508 e. The van der Waals surface area contributed by atoms with E-state index in [4.69, 9.17) is 5.11 Å². The van der Waals surface area contributed by atoms with Crippen molar-refractivity contribution in [2.75, 3.05) is 12.4 Å². The number of anilines is 1. The van der Waals surface area contributed by atoms with Gasteiger partial charge in [0.2, 0.25) is 0 Å². The third-order valence-corrected chi connectivity index (χ3v) is 1.45. The number of hydrogen-bond acceptors (Lipinski definition) is 4. The second kappa shape index (κ2) is 5.26. The van der Waals surface area contributed by atoms with E-state index in [1.807, 2.05) is 0 Å². The van der Waals surface area contributed by atoms with E-state index in [-0.39, 0.29) is 49.2 Å². The van der Waals surface area contributed by atoms with Crippen LogP contribution in [0.3, 0.4) is 0 Å². The number of nitrogens with zero attached hydrogens (tertiary/aromatic N) is 1. The molecule has 0 unspecified atom stereocenters. The number of phenolic OH excluding ortho intramolecular Hbond substituents is 1. The van der Waals surface area contributed by atoms with Crippen LogP contribution in [0.4, 0.5) is 11.4 Å². The smallest absolute Gasteiger partial charge is 0.292 e. The summed E-state index contributed by atoms with van der Waals surface area (Å²) in [5.41, 5.74) is 0.260. The molecule has 0 spiro atoms. The minimum absolute atomic E-state index is 0. The van der Waals surface area contributed by atoms with Gasteiger partial charge >= 0.3 is 0 Å². The van der Waals surface area contributed by atoms with Gasteiger partial charge < -0.3 is 10.4 Å². The molecule has 2 N–H and O–H groups in total. The first-order valence-corrected chi connectivity index (χ1v) is 3.30. The normalized spacial score (nSPS) is 8.69. The topological polar surface area (TPSA) is 75.4 Å². The summed E-state index contributed by atoms with van der Waals surface area (Å²) in [4.78, 5) is 9.87. The molecule has 0 aliphatic heterocycles. The molecule has 0 fully saturated rings. The van der Waals surface area contributed by atoms with Gasteiger partial charge in [-0.2, -0.15) is 0 Å². The van der Waals surface area contributed by atoms with Crippen molar-refractivity contribution in [1.29, 1.82) is 0 Å². The zero-order chi connectivity index (χ0) is 9.14. The van der Waals surface area contributed by atoms with Crippen molar-refractivity contribution < 1.29 is 47.8 Å². The summed E-state index contributed by atoms with van der Waals surface area (Å²) in [6.07, 6.45) is 0. The number of aromatic hydroxyl groups is 1. The first-order chi connectivity index (χ1) is 5.65. The molecule has 13 heavy (non-hydrogen) atoms. The first-order valence-electron chi connectivity index (χ1n) is 3.30. The molecule has 72 valence electrons. The summed E-state index contributed by atoms with van der Waals surface area (Å²) in [7, 11) is 1.56. The molecule has 1 rings (SSSR count). The zero-order valence-electron chi connectivity index (χ0n) is 6.80. The summed E-state index contributed by atoms with van der Waals surface area (Å²) in [5, 5.41) is 22.0. The maximum Gasteiger partial charge on any atom is 0.292 e. The predicted octanol–water partition coefficient (Wildman–Crippen LogP) is 1.34. The molecule has 0 atom stereocenters. The Morgan fingerprint density at radius 2 is 2.15 bits per heavy atom. The Kier molecular flexibility index (Phi) is 5.05. The van der Waals surface area contributed by atoms with Crippen LogP contribution in [0.2, 0.25) is 0 Å². The van der Waals surface area contributed by atoms with Crippen LogP contribution in [0.25, 0.3) is 0 Å². The Balaban J connectivity index is 0.00000144. The van der Waals surface area contributed by atoms with E-state index in [1.54, 1.807) is 7.05 Å². The molecule has 0 bridgehead atoms. The van der Waals surface area contributed by atoms with Crippen LogP contribution in [-0.2, 0) is 0 Å². The van der Waals surface area contributed by atoms with Crippen LogP contribution in [0.1, 0.15) is 0 Å². The third kappa shape index (κ3) is 3.02.